The van der Waals surface area contributed by atoms with Gasteiger partial charge >= 0.3 is 0 Å². The first-order chi connectivity index (χ1) is 16.5. The molecule has 0 radical (unpaired) electrons. The molecule has 8 heteroatoms. The molecule has 0 spiro atoms. The first-order valence-corrected chi connectivity index (χ1v) is 11.7. The van der Waals surface area contributed by atoms with E-state index in [0.29, 0.717) is 52.8 Å². The van der Waals surface area contributed by atoms with E-state index in [1.807, 2.05) is 19.9 Å². The van der Waals surface area contributed by atoms with Gasteiger partial charge in [0.25, 0.3) is 5.91 Å². The molecule has 0 fully saturated rings. The molecule has 35 heavy (non-hydrogen) atoms. The molecule has 2 aromatic carbocycles. The van der Waals surface area contributed by atoms with Gasteiger partial charge in [-0.15, -0.1) is 0 Å². The number of ether oxygens (including phenoxy) is 3. The van der Waals surface area contributed by atoms with E-state index in [1.165, 1.54) is 0 Å². The molecule has 0 aliphatic heterocycles. The molecule has 1 heterocycles. The van der Waals surface area contributed by atoms with Crippen LogP contribution >= 0.6 is 0 Å². The molecule has 0 bridgehead atoms. The van der Waals surface area contributed by atoms with Gasteiger partial charge in [-0.1, -0.05) is 20.8 Å². The van der Waals surface area contributed by atoms with E-state index < -0.39 is 0 Å². The zero-order chi connectivity index (χ0) is 25.9. The lowest BCUT2D eigenvalue weighted by atomic mass is 9.84. The number of aromatic nitrogens is 1. The van der Waals surface area contributed by atoms with Crippen molar-refractivity contribution in [2.45, 2.75) is 46.6 Å². The molecule has 8 nitrogen and oxygen atoms in total. The van der Waals surface area contributed by atoms with E-state index in [0.717, 1.165) is 10.9 Å². The zero-order valence-corrected chi connectivity index (χ0v) is 21.6. The summed E-state index contributed by atoms with van der Waals surface area (Å²) in [4.78, 5) is 25.8. The van der Waals surface area contributed by atoms with Crippen molar-refractivity contribution in [2.24, 2.45) is 0 Å². The van der Waals surface area contributed by atoms with E-state index >= 15 is 0 Å². The van der Waals surface area contributed by atoms with Crippen molar-refractivity contribution < 1.29 is 23.8 Å². The second-order valence-electron chi connectivity index (χ2n) is 9.25. The van der Waals surface area contributed by atoms with Crippen molar-refractivity contribution in [3.8, 4) is 17.2 Å². The lowest BCUT2D eigenvalue weighted by molar-refractivity contribution is 0.0955. The molecule has 0 aliphatic carbocycles. The number of hydrogen-bond acceptors (Lipinski definition) is 6. The van der Waals surface area contributed by atoms with Crippen molar-refractivity contribution in [2.75, 3.05) is 33.1 Å². The number of benzene rings is 2. The average Bonchev–Trinajstić information content (AvgIpc) is 3.11. The number of nitrogens with one attached hydrogen (secondary N) is 1. The van der Waals surface area contributed by atoms with Gasteiger partial charge in [-0.05, 0) is 43.5 Å². The van der Waals surface area contributed by atoms with E-state index in [1.54, 1.807) is 43.1 Å². The lowest BCUT2D eigenvalue weighted by Crippen LogP contribution is -2.19. The molecule has 0 aliphatic rings. The molecular weight excluding hydrogens is 446 g/mol. The van der Waals surface area contributed by atoms with Crippen LogP contribution in [0.3, 0.4) is 0 Å². The number of methoxy groups -OCH3 is 1. The monoisotopic (exact) mass is 481 g/mol. The summed E-state index contributed by atoms with van der Waals surface area (Å²) in [6.07, 6.45) is 1.80. The standard InChI is InChI=1S/C27H35N3O5/c1-8-34-22-12-17-14-30(25(28)18(17)13-19(22)26(32)29-6)15-21(31)16-10-20(27(3,4)5)24(33-7)23(11-16)35-9-2/h10-14H,8-9,15,28H2,1-7H3,(H,29,32). The van der Waals surface area contributed by atoms with Crippen LogP contribution in [0.5, 0.6) is 17.2 Å². The van der Waals surface area contributed by atoms with E-state index in [9.17, 15) is 9.59 Å². The Morgan fingerprint density at radius 3 is 2.26 bits per heavy atom. The van der Waals surface area contributed by atoms with Gasteiger partial charge in [-0.2, -0.15) is 0 Å². The Morgan fingerprint density at radius 1 is 1.03 bits per heavy atom. The third-order valence-electron chi connectivity index (χ3n) is 5.81. The summed E-state index contributed by atoms with van der Waals surface area (Å²) in [7, 11) is 3.16. The normalized spacial score (nSPS) is 11.4. The van der Waals surface area contributed by atoms with Gasteiger partial charge in [0, 0.05) is 35.1 Å². The lowest BCUT2D eigenvalue weighted by Gasteiger charge is -2.25. The summed E-state index contributed by atoms with van der Waals surface area (Å²) in [5.74, 6) is 1.64. The molecule has 1 amide bonds. The van der Waals surface area contributed by atoms with Gasteiger partial charge in [0.05, 0.1) is 32.4 Å². The third kappa shape index (κ3) is 5.21. The molecule has 0 saturated heterocycles. The number of ketones is 1. The van der Waals surface area contributed by atoms with Crippen LogP contribution in [0.4, 0.5) is 5.82 Å². The van der Waals surface area contributed by atoms with Crippen LogP contribution in [0.25, 0.3) is 10.8 Å². The fourth-order valence-electron chi connectivity index (χ4n) is 4.07. The number of nitrogens with two attached hydrogens (primary N) is 1. The number of carbonyl (C=O) groups excluding carboxylic acids is 2. The van der Waals surface area contributed by atoms with Crippen LogP contribution in [0, 0.1) is 0 Å². The number of nitrogens with zero attached hydrogens (tertiary/aromatic N) is 1. The second kappa shape index (κ2) is 10.3. The second-order valence-corrected chi connectivity index (χ2v) is 9.25. The number of fused-ring (bicyclic) bond motifs is 1. The Bertz CT molecular complexity index is 1250. The molecule has 188 valence electrons. The molecule has 0 unspecified atom stereocenters. The van der Waals surface area contributed by atoms with Crippen LogP contribution in [0.15, 0.2) is 30.5 Å². The van der Waals surface area contributed by atoms with E-state index in [-0.39, 0.29) is 23.7 Å². The Labute approximate surface area is 206 Å². The molecule has 0 saturated carbocycles. The number of hydrogen-bond donors (Lipinski definition) is 2. The van der Waals surface area contributed by atoms with Crippen molar-refractivity contribution in [3.05, 3.63) is 47.2 Å². The minimum atomic E-state index is -0.269. The maximum Gasteiger partial charge on any atom is 0.254 e. The summed E-state index contributed by atoms with van der Waals surface area (Å²) < 4.78 is 18.8. The maximum atomic E-state index is 13.4. The highest BCUT2D eigenvalue weighted by atomic mass is 16.5. The smallest absolute Gasteiger partial charge is 0.254 e. The number of nitrogen functional groups attached to an aromatic ring is 1. The Balaban J connectivity index is 2.05. The Kier molecular flexibility index (Phi) is 7.63. The molecule has 3 rings (SSSR count). The highest BCUT2D eigenvalue weighted by Crippen LogP contribution is 2.40. The summed E-state index contributed by atoms with van der Waals surface area (Å²) >= 11 is 0. The predicted octanol–water partition coefficient (Wildman–Crippen LogP) is 4.57. The SMILES string of the molecule is CCOc1cc2cn(CC(=O)c3cc(OCC)c(OC)c(C(C)(C)C)c3)c(N)c2cc1C(=O)NC. The summed E-state index contributed by atoms with van der Waals surface area (Å²) in [6.45, 7) is 10.8. The topological polar surface area (TPSA) is 105 Å². The fourth-order valence-corrected chi connectivity index (χ4v) is 4.07. The first kappa shape index (κ1) is 25.9. The third-order valence-corrected chi connectivity index (χ3v) is 5.81. The maximum absolute atomic E-state index is 13.4. The van der Waals surface area contributed by atoms with Crippen LogP contribution in [0.2, 0.25) is 0 Å². The average molecular weight is 482 g/mol. The summed E-state index contributed by atoms with van der Waals surface area (Å²) in [5, 5.41) is 4.09. The molecular formula is C27H35N3O5. The zero-order valence-electron chi connectivity index (χ0n) is 21.6. The minimum Gasteiger partial charge on any atom is -0.493 e. The van der Waals surface area contributed by atoms with E-state index in [4.69, 9.17) is 19.9 Å². The molecule has 3 aromatic rings. The minimum absolute atomic E-state index is 0.0290. The predicted molar refractivity (Wildman–Crippen MR) is 138 cm³/mol. The number of carbonyl (C=O) groups is 2. The Hall–Kier alpha value is -3.68. The van der Waals surface area contributed by atoms with Crippen molar-refractivity contribution in [1.82, 2.24) is 9.88 Å². The highest BCUT2D eigenvalue weighted by Gasteiger charge is 2.25. The largest absolute Gasteiger partial charge is 0.493 e. The summed E-state index contributed by atoms with van der Waals surface area (Å²) in [5.41, 5.74) is 7.94. The van der Waals surface area contributed by atoms with E-state index in [2.05, 4.69) is 26.1 Å². The van der Waals surface area contributed by atoms with Gasteiger partial charge in [0.2, 0.25) is 0 Å². The molecule has 3 N–H and O–H groups in total. The number of rotatable bonds is 9. The number of anilines is 1. The van der Waals surface area contributed by atoms with Crippen molar-refractivity contribution in [3.63, 3.8) is 0 Å². The fraction of sp³-hybridized carbons (Fsp3) is 0.407. The van der Waals surface area contributed by atoms with Crippen LogP contribution in [-0.2, 0) is 12.0 Å². The summed E-state index contributed by atoms with van der Waals surface area (Å²) in [6, 6.07) is 7.06. The number of amides is 1. The van der Waals surface area contributed by atoms with Gasteiger partial charge < -0.3 is 29.8 Å². The quantitative estimate of drug-likeness (QED) is 0.434. The van der Waals surface area contributed by atoms with Gasteiger partial charge in [0.15, 0.2) is 17.3 Å². The first-order valence-electron chi connectivity index (χ1n) is 11.7. The van der Waals surface area contributed by atoms with Crippen molar-refractivity contribution >= 4 is 28.3 Å². The highest BCUT2D eigenvalue weighted by molar-refractivity contribution is 6.05. The van der Waals surface area contributed by atoms with Crippen LogP contribution in [-0.4, -0.2) is 43.6 Å². The van der Waals surface area contributed by atoms with Crippen LogP contribution < -0.4 is 25.3 Å². The Morgan fingerprint density at radius 2 is 1.69 bits per heavy atom. The van der Waals surface area contributed by atoms with Crippen LogP contribution in [0.1, 0.15) is 60.9 Å². The number of Topliss-reactive ketones (excluding diaryl/α,β-unsaturated/α-hetero) is 1. The van der Waals surface area contributed by atoms with Gasteiger partial charge in [-0.25, -0.2) is 0 Å². The van der Waals surface area contributed by atoms with Crippen molar-refractivity contribution in [1.29, 1.82) is 0 Å². The van der Waals surface area contributed by atoms with Gasteiger partial charge in [0.1, 0.15) is 11.6 Å². The molecule has 1 aromatic heterocycles. The molecule has 0 atom stereocenters. The van der Waals surface area contributed by atoms with Gasteiger partial charge in [-0.3, -0.25) is 9.59 Å².